The van der Waals surface area contributed by atoms with Crippen molar-refractivity contribution in [3.8, 4) is 17.6 Å². The molecule has 0 aliphatic rings. The van der Waals surface area contributed by atoms with Crippen LogP contribution in [0.4, 0.5) is 0 Å². The number of unbranched alkanes of at least 4 members (excludes halogenated alkanes) is 1. The first kappa shape index (κ1) is 19.5. The van der Waals surface area contributed by atoms with E-state index < -0.39 is 0 Å². The van der Waals surface area contributed by atoms with Gasteiger partial charge in [-0.15, -0.1) is 5.92 Å². The van der Waals surface area contributed by atoms with Crippen molar-refractivity contribution >= 4 is 16.7 Å². The number of carbonyl (C=O) groups is 1. The first-order valence-electron chi connectivity index (χ1n) is 9.48. The highest BCUT2D eigenvalue weighted by atomic mass is 16.5. The molecule has 142 valence electrons. The van der Waals surface area contributed by atoms with Crippen molar-refractivity contribution in [1.82, 2.24) is 0 Å². The average Bonchev–Trinajstić information content (AvgIpc) is 2.75. The molecule has 0 aromatic heterocycles. The number of hydrogen-bond acceptors (Lipinski definition) is 3. The van der Waals surface area contributed by atoms with E-state index in [0.717, 1.165) is 34.1 Å². The molecule has 0 fully saturated rings. The predicted molar refractivity (Wildman–Crippen MR) is 112 cm³/mol. The standard InChI is InChI=1S/C25H24O3/c1-27-24(26)16-8-3-2-7-14-22-18-17-21-13-9-10-15-23(21)25(22)28-19-20-11-5-4-6-12-20/h4-6,9-13,15,17-18H,3,8,14,16,19H2,1H3. The van der Waals surface area contributed by atoms with Gasteiger partial charge in [0.05, 0.1) is 7.11 Å². The highest BCUT2D eigenvalue weighted by molar-refractivity contribution is 5.89. The van der Waals surface area contributed by atoms with Gasteiger partial charge in [0.2, 0.25) is 0 Å². The normalized spacial score (nSPS) is 10.2. The Morgan fingerprint density at radius 1 is 0.929 bits per heavy atom. The van der Waals surface area contributed by atoms with E-state index in [9.17, 15) is 4.79 Å². The van der Waals surface area contributed by atoms with Gasteiger partial charge in [0.25, 0.3) is 0 Å². The van der Waals surface area contributed by atoms with Crippen molar-refractivity contribution < 1.29 is 14.3 Å². The van der Waals surface area contributed by atoms with Gasteiger partial charge >= 0.3 is 5.97 Å². The summed E-state index contributed by atoms with van der Waals surface area (Å²) in [5, 5.41) is 2.25. The van der Waals surface area contributed by atoms with Crippen LogP contribution in [0, 0.1) is 11.8 Å². The van der Waals surface area contributed by atoms with Crippen molar-refractivity contribution in [2.45, 2.75) is 32.3 Å². The van der Waals surface area contributed by atoms with Crippen LogP contribution in [-0.4, -0.2) is 13.1 Å². The summed E-state index contributed by atoms with van der Waals surface area (Å²) in [6.07, 6.45) is 2.43. The van der Waals surface area contributed by atoms with Crippen LogP contribution in [0.25, 0.3) is 10.8 Å². The Kier molecular flexibility index (Phi) is 7.09. The van der Waals surface area contributed by atoms with E-state index in [0.29, 0.717) is 25.9 Å². The second-order valence-corrected chi connectivity index (χ2v) is 6.51. The van der Waals surface area contributed by atoms with Gasteiger partial charge in [-0.2, -0.15) is 0 Å². The van der Waals surface area contributed by atoms with Gasteiger partial charge < -0.3 is 9.47 Å². The summed E-state index contributed by atoms with van der Waals surface area (Å²) in [6, 6.07) is 22.6. The summed E-state index contributed by atoms with van der Waals surface area (Å²) in [5.41, 5.74) is 2.21. The second-order valence-electron chi connectivity index (χ2n) is 6.51. The molecular formula is C25H24O3. The fourth-order valence-corrected chi connectivity index (χ4v) is 3.00. The number of benzene rings is 3. The molecule has 0 bridgehead atoms. The minimum atomic E-state index is -0.187. The van der Waals surface area contributed by atoms with Gasteiger partial charge in [0.15, 0.2) is 0 Å². The molecule has 0 unspecified atom stereocenters. The van der Waals surface area contributed by atoms with Crippen molar-refractivity contribution in [2.75, 3.05) is 7.11 Å². The number of hydrogen-bond donors (Lipinski definition) is 0. The Hall–Kier alpha value is -3.25. The van der Waals surface area contributed by atoms with E-state index in [2.05, 4.69) is 53.0 Å². The maximum absolute atomic E-state index is 11.1. The lowest BCUT2D eigenvalue weighted by atomic mass is 10.0. The molecule has 3 aromatic rings. The van der Waals surface area contributed by atoms with Gasteiger partial charge in [-0.3, -0.25) is 4.79 Å². The number of rotatable bonds is 7. The molecule has 3 rings (SSSR count). The van der Waals surface area contributed by atoms with Crippen LogP contribution in [0.2, 0.25) is 0 Å². The zero-order valence-corrected chi connectivity index (χ0v) is 16.1. The number of ether oxygens (including phenoxy) is 2. The zero-order chi connectivity index (χ0) is 19.6. The summed E-state index contributed by atoms with van der Waals surface area (Å²) in [4.78, 5) is 11.1. The molecule has 3 heteroatoms. The third-order valence-corrected chi connectivity index (χ3v) is 4.50. The molecule has 0 amide bonds. The molecule has 0 atom stereocenters. The predicted octanol–water partition coefficient (Wildman–Crippen LogP) is 5.31. The molecule has 0 N–H and O–H groups in total. The van der Waals surface area contributed by atoms with Crippen LogP contribution < -0.4 is 4.74 Å². The maximum Gasteiger partial charge on any atom is 0.305 e. The minimum Gasteiger partial charge on any atom is -0.488 e. The molecule has 3 nitrogen and oxygen atoms in total. The third-order valence-electron chi connectivity index (χ3n) is 4.50. The van der Waals surface area contributed by atoms with E-state index >= 15 is 0 Å². The number of methoxy groups -OCH3 is 1. The molecular weight excluding hydrogens is 348 g/mol. The molecule has 0 radical (unpaired) electrons. The fraction of sp³-hybridized carbons (Fsp3) is 0.240. The third kappa shape index (κ3) is 5.37. The summed E-state index contributed by atoms with van der Waals surface area (Å²) in [5.74, 6) is 7.07. The lowest BCUT2D eigenvalue weighted by Crippen LogP contribution is -1.99. The minimum absolute atomic E-state index is 0.187. The molecule has 0 aliphatic carbocycles. The molecule has 28 heavy (non-hydrogen) atoms. The SMILES string of the molecule is COC(=O)CCCC#CCc1ccc2ccccc2c1OCc1ccccc1. The quantitative estimate of drug-likeness (QED) is 0.320. The Morgan fingerprint density at radius 2 is 1.71 bits per heavy atom. The monoisotopic (exact) mass is 372 g/mol. The van der Waals surface area contributed by atoms with Crippen LogP contribution >= 0.6 is 0 Å². The molecule has 0 aliphatic heterocycles. The Labute approximate surface area is 166 Å². The van der Waals surface area contributed by atoms with E-state index in [1.807, 2.05) is 30.3 Å². The van der Waals surface area contributed by atoms with E-state index in [4.69, 9.17) is 4.74 Å². The van der Waals surface area contributed by atoms with Gasteiger partial charge in [-0.25, -0.2) is 0 Å². The van der Waals surface area contributed by atoms with Crippen LogP contribution in [0.1, 0.15) is 30.4 Å². The van der Waals surface area contributed by atoms with Crippen LogP contribution in [0.15, 0.2) is 66.7 Å². The maximum atomic E-state index is 11.1. The second kappa shape index (κ2) is 10.2. The molecule has 0 heterocycles. The molecule has 0 spiro atoms. The first-order valence-corrected chi connectivity index (χ1v) is 9.48. The van der Waals surface area contributed by atoms with Gasteiger partial charge in [0, 0.05) is 30.2 Å². The Balaban J connectivity index is 1.73. The van der Waals surface area contributed by atoms with Crippen molar-refractivity contribution in [2.24, 2.45) is 0 Å². The van der Waals surface area contributed by atoms with Crippen LogP contribution in [-0.2, 0) is 22.6 Å². The number of esters is 1. The molecule has 3 aromatic carbocycles. The topological polar surface area (TPSA) is 35.5 Å². The number of carbonyl (C=O) groups excluding carboxylic acids is 1. The Bertz CT molecular complexity index is 981. The van der Waals surface area contributed by atoms with Crippen molar-refractivity contribution in [3.05, 3.63) is 77.9 Å². The summed E-state index contributed by atoms with van der Waals surface area (Å²) >= 11 is 0. The van der Waals surface area contributed by atoms with Gasteiger partial charge in [-0.05, 0) is 17.4 Å². The summed E-state index contributed by atoms with van der Waals surface area (Å²) < 4.78 is 10.9. The lowest BCUT2D eigenvalue weighted by molar-refractivity contribution is -0.140. The highest BCUT2D eigenvalue weighted by Gasteiger charge is 2.09. The van der Waals surface area contributed by atoms with Crippen molar-refractivity contribution in [1.29, 1.82) is 0 Å². The largest absolute Gasteiger partial charge is 0.488 e. The molecule has 0 saturated heterocycles. The molecule has 0 saturated carbocycles. The van der Waals surface area contributed by atoms with E-state index in [1.165, 1.54) is 7.11 Å². The Morgan fingerprint density at radius 3 is 2.54 bits per heavy atom. The van der Waals surface area contributed by atoms with Gasteiger partial charge in [-0.1, -0.05) is 72.7 Å². The highest BCUT2D eigenvalue weighted by Crippen LogP contribution is 2.31. The van der Waals surface area contributed by atoms with Crippen LogP contribution in [0.3, 0.4) is 0 Å². The van der Waals surface area contributed by atoms with E-state index in [-0.39, 0.29) is 5.97 Å². The van der Waals surface area contributed by atoms with Crippen molar-refractivity contribution in [3.63, 3.8) is 0 Å². The smallest absolute Gasteiger partial charge is 0.305 e. The number of fused-ring (bicyclic) bond motifs is 1. The van der Waals surface area contributed by atoms with E-state index in [1.54, 1.807) is 0 Å². The van der Waals surface area contributed by atoms with Gasteiger partial charge in [0.1, 0.15) is 12.4 Å². The lowest BCUT2D eigenvalue weighted by Gasteiger charge is -2.13. The van der Waals surface area contributed by atoms with Crippen LogP contribution in [0.5, 0.6) is 5.75 Å². The zero-order valence-electron chi connectivity index (χ0n) is 16.1. The summed E-state index contributed by atoms with van der Waals surface area (Å²) in [6.45, 7) is 0.522. The fourth-order valence-electron chi connectivity index (χ4n) is 3.00. The average molecular weight is 372 g/mol. The summed E-state index contributed by atoms with van der Waals surface area (Å²) in [7, 11) is 1.41. The first-order chi connectivity index (χ1) is 13.8.